The van der Waals surface area contributed by atoms with E-state index in [0.29, 0.717) is 19.3 Å². The molecular formula is C74H140O6. The van der Waals surface area contributed by atoms with Gasteiger partial charge in [-0.2, -0.15) is 0 Å². The van der Waals surface area contributed by atoms with Crippen LogP contribution in [0.2, 0.25) is 0 Å². The van der Waals surface area contributed by atoms with E-state index in [-0.39, 0.29) is 31.1 Å². The third kappa shape index (κ3) is 66.7. The van der Waals surface area contributed by atoms with Crippen LogP contribution < -0.4 is 0 Å². The summed E-state index contributed by atoms with van der Waals surface area (Å²) in [4.78, 5) is 38.0. The molecule has 0 saturated carbocycles. The van der Waals surface area contributed by atoms with Crippen molar-refractivity contribution < 1.29 is 28.6 Å². The molecule has 0 N–H and O–H groups in total. The van der Waals surface area contributed by atoms with Crippen molar-refractivity contribution >= 4 is 17.9 Å². The van der Waals surface area contributed by atoms with Crippen molar-refractivity contribution in [3.05, 3.63) is 24.3 Å². The molecule has 0 aromatic rings. The minimum atomic E-state index is -0.764. The van der Waals surface area contributed by atoms with Crippen molar-refractivity contribution in [2.24, 2.45) is 0 Å². The molecule has 0 rings (SSSR count). The Morgan fingerprint density at radius 3 is 0.688 bits per heavy atom. The fourth-order valence-corrected chi connectivity index (χ4v) is 11.2. The largest absolute Gasteiger partial charge is 0.462 e. The van der Waals surface area contributed by atoms with Gasteiger partial charge in [-0.05, 0) is 51.4 Å². The third-order valence-electron chi connectivity index (χ3n) is 16.7. The van der Waals surface area contributed by atoms with E-state index in [1.54, 1.807) is 0 Å². The van der Waals surface area contributed by atoms with Crippen LogP contribution in [0, 0.1) is 0 Å². The molecular weight excluding hydrogens is 985 g/mol. The van der Waals surface area contributed by atoms with Crippen LogP contribution in [-0.2, 0) is 28.6 Å². The van der Waals surface area contributed by atoms with Crippen LogP contribution in [0.3, 0.4) is 0 Å². The number of rotatable bonds is 68. The highest BCUT2D eigenvalue weighted by Gasteiger charge is 2.19. The summed E-state index contributed by atoms with van der Waals surface area (Å²) in [6, 6.07) is 0. The highest BCUT2D eigenvalue weighted by molar-refractivity contribution is 5.71. The summed E-state index contributed by atoms with van der Waals surface area (Å²) in [6.45, 7) is 6.63. The molecule has 0 bridgehead atoms. The van der Waals surface area contributed by atoms with Gasteiger partial charge in [-0.25, -0.2) is 0 Å². The van der Waals surface area contributed by atoms with Crippen LogP contribution in [0.1, 0.15) is 412 Å². The zero-order valence-corrected chi connectivity index (χ0v) is 54.4. The van der Waals surface area contributed by atoms with Crippen LogP contribution in [0.15, 0.2) is 24.3 Å². The molecule has 6 heteroatoms. The topological polar surface area (TPSA) is 78.9 Å². The predicted octanol–water partition coefficient (Wildman–Crippen LogP) is 25.0. The van der Waals surface area contributed by atoms with Gasteiger partial charge >= 0.3 is 17.9 Å². The fraction of sp³-hybridized carbons (Fsp3) is 0.905. The zero-order chi connectivity index (χ0) is 57.8. The van der Waals surface area contributed by atoms with Gasteiger partial charge < -0.3 is 14.2 Å². The molecule has 6 nitrogen and oxygen atoms in total. The van der Waals surface area contributed by atoms with Gasteiger partial charge in [-0.1, -0.05) is 366 Å². The van der Waals surface area contributed by atoms with Crippen LogP contribution >= 0.6 is 0 Å². The Bertz CT molecular complexity index is 1290. The van der Waals surface area contributed by atoms with Crippen LogP contribution in [-0.4, -0.2) is 37.2 Å². The molecule has 0 aliphatic heterocycles. The fourth-order valence-electron chi connectivity index (χ4n) is 11.2. The monoisotopic (exact) mass is 1130 g/mol. The summed E-state index contributed by atoms with van der Waals surface area (Å²) in [5, 5.41) is 0. The van der Waals surface area contributed by atoms with Gasteiger partial charge in [0.2, 0.25) is 0 Å². The highest BCUT2D eigenvalue weighted by atomic mass is 16.6. The average Bonchev–Trinajstić information content (AvgIpc) is 3.46. The van der Waals surface area contributed by atoms with Crippen LogP contribution in [0.25, 0.3) is 0 Å². The van der Waals surface area contributed by atoms with Gasteiger partial charge in [0.25, 0.3) is 0 Å². The molecule has 0 saturated heterocycles. The molecule has 80 heavy (non-hydrogen) atoms. The highest BCUT2D eigenvalue weighted by Crippen LogP contribution is 2.19. The summed E-state index contributed by atoms with van der Waals surface area (Å²) >= 11 is 0. The van der Waals surface area contributed by atoms with E-state index in [0.717, 1.165) is 70.6 Å². The number of allylic oxidation sites excluding steroid dienone is 4. The second kappa shape index (κ2) is 69.4. The first-order chi connectivity index (χ1) is 39.5. The molecule has 0 aromatic heterocycles. The number of carbonyl (C=O) groups is 3. The quantitative estimate of drug-likeness (QED) is 0.0261. The lowest BCUT2D eigenvalue weighted by Crippen LogP contribution is -2.30. The van der Waals surface area contributed by atoms with Crippen molar-refractivity contribution in [3.8, 4) is 0 Å². The van der Waals surface area contributed by atoms with Gasteiger partial charge in [0.1, 0.15) is 13.2 Å². The van der Waals surface area contributed by atoms with Gasteiger partial charge in [0.15, 0.2) is 6.10 Å². The number of esters is 3. The van der Waals surface area contributed by atoms with Crippen molar-refractivity contribution in [2.75, 3.05) is 13.2 Å². The van der Waals surface area contributed by atoms with Gasteiger partial charge in [-0.15, -0.1) is 0 Å². The van der Waals surface area contributed by atoms with Crippen molar-refractivity contribution in [1.29, 1.82) is 0 Å². The maximum atomic E-state index is 12.9. The lowest BCUT2D eigenvalue weighted by molar-refractivity contribution is -0.167. The van der Waals surface area contributed by atoms with E-state index in [2.05, 4.69) is 45.1 Å². The maximum absolute atomic E-state index is 12.9. The van der Waals surface area contributed by atoms with E-state index in [4.69, 9.17) is 14.2 Å². The molecule has 0 amide bonds. The van der Waals surface area contributed by atoms with Crippen molar-refractivity contribution in [1.82, 2.24) is 0 Å². The van der Waals surface area contributed by atoms with Gasteiger partial charge in [-0.3, -0.25) is 14.4 Å². The molecule has 0 aliphatic rings. The van der Waals surface area contributed by atoms with Crippen LogP contribution in [0.5, 0.6) is 0 Å². The van der Waals surface area contributed by atoms with Crippen molar-refractivity contribution in [3.63, 3.8) is 0 Å². The van der Waals surface area contributed by atoms with E-state index in [9.17, 15) is 14.4 Å². The number of hydrogen-bond donors (Lipinski definition) is 0. The standard InChI is InChI=1S/C74H140O6/c1-4-7-10-13-15-17-19-21-23-25-27-29-31-33-35-37-39-40-42-44-46-48-50-52-54-56-58-61-64-67-73(76)79-70-71(69-78-72(75)66-63-60-12-9-6-3)80-74(77)68-65-62-59-57-55-53-51-49-47-45-43-41-38-36-34-32-30-28-26-24-22-20-18-16-14-11-8-5-2/h19,21,25,27,71H,4-18,20,22-24,26,28-70H2,1-3H3/b21-19-,27-25-. The molecule has 0 aromatic carbocycles. The first-order valence-corrected chi connectivity index (χ1v) is 36.3. The molecule has 0 heterocycles. The maximum Gasteiger partial charge on any atom is 0.306 e. The average molecular weight is 1130 g/mol. The minimum Gasteiger partial charge on any atom is -0.462 e. The number of carbonyl (C=O) groups excluding carboxylic acids is 3. The Hall–Kier alpha value is -2.11. The minimum absolute atomic E-state index is 0.0653. The van der Waals surface area contributed by atoms with E-state index < -0.39 is 6.10 Å². The number of hydrogen-bond acceptors (Lipinski definition) is 6. The summed E-state index contributed by atoms with van der Waals surface area (Å²) < 4.78 is 16.8. The summed E-state index contributed by atoms with van der Waals surface area (Å²) in [5.74, 6) is -0.849. The summed E-state index contributed by atoms with van der Waals surface area (Å²) in [6.07, 6.45) is 85.7. The molecule has 1 unspecified atom stereocenters. The number of unbranched alkanes of at least 4 members (excludes halogenated alkanes) is 53. The second-order valence-corrected chi connectivity index (χ2v) is 24.9. The molecule has 472 valence electrons. The first-order valence-electron chi connectivity index (χ1n) is 36.3. The predicted molar refractivity (Wildman–Crippen MR) is 349 cm³/mol. The van der Waals surface area contributed by atoms with E-state index >= 15 is 0 Å². The van der Waals surface area contributed by atoms with Crippen LogP contribution in [0.4, 0.5) is 0 Å². The lowest BCUT2D eigenvalue weighted by atomic mass is 10.0. The van der Waals surface area contributed by atoms with Gasteiger partial charge in [0, 0.05) is 19.3 Å². The van der Waals surface area contributed by atoms with Crippen molar-refractivity contribution in [2.45, 2.75) is 419 Å². The smallest absolute Gasteiger partial charge is 0.306 e. The second-order valence-electron chi connectivity index (χ2n) is 24.9. The van der Waals surface area contributed by atoms with E-state index in [1.807, 2.05) is 0 Å². The Balaban J connectivity index is 3.90. The molecule has 1 atom stereocenters. The summed E-state index contributed by atoms with van der Waals surface area (Å²) in [5.41, 5.74) is 0. The zero-order valence-electron chi connectivity index (χ0n) is 54.4. The molecule has 0 aliphatic carbocycles. The normalized spacial score (nSPS) is 12.1. The van der Waals surface area contributed by atoms with E-state index in [1.165, 1.54) is 302 Å². The Morgan fingerprint density at radius 1 is 0.250 bits per heavy atom. The van der Waals surface area contributed by atoms with Gasteiger partial charge in [0.05, 0.1) is 0 Å². The molecule has 0 fully saturated rings. The summed E-state index contributed by atoms with van der Waals surface area (Å²) in [7, 11) is 0. The molecule has 0 spiro atoms. The Morgan fingerprint density at radius 2 is 0.450 bits per heavy atom. The Kier molecular flexibility index (Phi) is 67.6. The first kappa shape index (κ1) is 77.9. The third-order valence-corrected chi connectivity index (χ3v) is 16.7. The SMILES string of the molecule is CCCCCCC/C=C\C/C=C\CCCCCCCCCCCCCCCCCCCC(=O)OCC(COC(=O)CCCCCCC)OC(=O)CCCCCCCCCCCCCCCCCCCCCCCCCCCCCC. The Labute approximate surface area is 500 Å². The number of ether oxygens (including phenoxy) is 3. The lowest BCUT2D eigenvalue weighted by Gasteiger charge is -2.18. The molecule has 0 radical (unpaired) electrons.